The average Bonchev–Trinajstić information content (AvgIpc) is 3.11. The Balaban J connectivity index is 1.91. The van der Waals surface area contributed by atoms with Crippen LogP contribution >= 0.6 is 0 Å². The second kappa shape index (κ2) is 8.64. The van der Waals surface area contributed by atoms with Crippen molar-refractivity contribution < 1.29 is 4.79 Å². The fourth-order valence-electron chi connectivity index (χ4n) is 2.81. The number of aromatic nitrogens is 2. The summed E-state index contributed by atoms with van der Waals surface area (Å²) in [5.41, 5.74) is 4.57. The van der Waals surface area contributed by atoms with Gasteiger partial charge in [0.25, 0.3) is 5.91 Å². The Morgan fingerprint density at radius 2 is 1.81 bits per heavy atom. The molecular weight excluding hydrogens is 336 g/mol. The van der Waals surface area contributed by atoms with Crippen molar-refractivity contribution in [1.82, 2.24) is 20.4 Å². The summed E-state index contributed by atoms with van der Waals surface area (Å²) in [5.74, 6) is -0.105. The maximum Gasteiger partial charge on any atom is 0.255 e. The summed E-state index contributed by atoms with van der Waals surface area (Å²) in [7, 11) is 1.88. The molecule has 1 amide bonds. The van der Waals surface area contributed by atoms with E-state index in [2.05, 4.69) is 22.8 Å². The predicted octanol–water partition coefficient (Wildman–Crippen LogP) is 3.24. The second-order valence-corrected chi connectivity index (χ2v) is 6.84. The average molecular weight is 362 g/mol. The van der Waals surface area contributed by atoms with Crippen molar-refractivity contribution in [2.24, 2.45) is 0 Å². The third kappa shape index (κ3) is 4.83. The third-order valence-corrected chi connectivity index (χ3v) is 4.58. The quantitative estimate of drug-likeness (QED) is 0.678. The SMILES string of the molecule is CNC(C)CNC(=O)c1cn(Cc2ccccc2)nc1-c1ccc(C)cc1. The molecule has 5 nitrogen and oxygen atoms in total. The van der Waals surface area contributed by atoms with Crippen LogP contribution in [0.3, 0.4) is 0 Å². The summed E-state index contributed by atoms with van der Waals surface area (Å²) in [6.45, 7) is 5.26. The van der Waals surface area contributed by atoms with Crippen LogP contribution in [0.5, 0.6) is 0 Å². The molecule has 0 radical (unpaired) electrons. The highest BCUT2D eigenvalue weighted by Crippen LogP contribution is 2.23. The molecule has 0 spiro atoms. The Kier molecular flexibility index (Phi) is 6.04. The minimum Gasteiger partial charge on any atom is -0.350 e. The van der Waals surface area contributed by atoms with Gasteiger partial charge in [-0.3, -0.25) is 9.48 Å². The molecular formula is C22H26N4O. The molecule has 0 bridgehead atoms. The Labute approximate surface area is 160 Å². The van der Waals surface area contributed by atoms with E-state index in [9.17, 15) is 4.79 Å². The van der Waals surface area contributed by atoms with Gasteiger partial charge in [-0.25, -0.2) is 0 Å². The minimum absolute atomic E-state index is 0.105. The topological polar surface area (TPSA) is 58.9 Å². The van der Waals surface area contributed by atoms with Gasteiger partial charge in [-0.1, -0.05) is 60.2 Å². The number of nitrogens with one attached hydrogen (secondary N) is 2. The van der Waals surface area contributed by atoms with Crippen LogP contribution < -0.4 is 10.6 Å². The molecule has 3 aromatic rings. The molecule has 3 rings (SSSR count). The first-order chi connectivity index (χ1) is 13.1. The largest absolute Gasteiger partial charge is 0.350 e. The second-order valence-electron chi connectivity index (χ2n) is 6.84. The Bertz CT molecular complexity index is 884. The predicted molar refractivity (Wildman–Crippen MR) is 109 cm³/mol. The molecule has 1 heterocycles. The summed E-state index contributed by atoms with van der Waals surface area (Å²) in [6, 6.07) is 18.4. The van der Waals surface area contributed by atoms with Crippen LogP contribution in [0.1, 0.15) is 28.4 Å². The highest BCUT2D eigenvalue weighted by Gasteiger charge is 2.18. The molecule has 1 unspecified atom stereocenters. The number of hydrogen-bond donors (Lipinski definition) is 2. The van der Waals surface area contributed by atoms with E-state index in [0.717, 1.165) is 11.1 Å². The van der Waals surface area contributed by atoms with Gasteiger partial charge < -0.3 is 10.6 Å². The van der Waals surface area contributed by atoms with Crippen LogP contribution in [0.4, 0.5) is 0 Å². The molecule has 2 N–H and O–H groups in total. The number of amides is 1. The first-order valence-corrected chi connectivity index (χ1v) is 9.20. The van der Waals surface area contributed by atoms with E-state index in [0.29, 0.717) is 24.3 Å². The van der Waals surface area contributed by atoms with Crippen LogP contribution in [0.25, 0.3) is 11.3 Å². The van der Waals surface area contributed by atoms with Crippen LogP contribution in [0.15, 0.2) is 60.8 Å². The van der Waals surface area contributed by atoms with Crippen molar-refractivity contribution in [1.29, 1.82) is 0 Å². The highest BCUT2D eigenvalue weighted by atomic mass is 16.1. The zero-order valence-corrected chi connectivity index (χ0v) is 16.1. The Morgan fingerprint density at radius 1 is 1.11 bits per heavy atom. The molecule has 1 aromatic heterocycles. The van der Waals surface area contributed by atoms with E-state index in [-0.39, 0.29) is 11.9 Å². The molecule has 27 heavy (non-hydrogen) atoms. The molecule has 2 aromatic carbocycles. The van der Waals surface area contributed by atoms with E-state index >= 15 is 0 Å². The maximum absolute atomic E-state index is 12.8. The number of aryl methyl sites for hydroxylation is 1. The van der Waals surface area contributed by atoms with Crippen LogP contribution in [-0.4, -0.2) is 35.3 Å². The lowest BCUT2D eigenvalue weighted by atomic mass is 10.1. The molecule has 0 aliphatic heterocycles. The lowest BCUT2D eigenvalue weighted by molar-refractivity contribution is 0.0951. The fourth-order valence-corrected chi connectivity index (χ4v) is 2.81. The van der Waals surface area contributed by atoms with Crippen LogP contribution in [0, 0.1) is 6.92 Å². The summed E-state index contributed by atoms with van der Waals surface area (Å²) in [5, 5.41) is 10.8. The number of nitrogens with zero attached hydrogens (tertiary/aromatic N) is 2. The highest BCUT2D eigenvalue weighted by molar-refractivity contribution is 5.99. The van der Waals surface area contributed by atoms with Gasteiger partial charge in [0.1, 0.15) is 5.69 Å². The van der Waals surface area contributed by atoms with E-state index < -0.39 is 0 Å². The van der Waals surface area contributed by atoms with Gasteiger partial charge in [0.2, 0.25) is 0 Å². The zero-order chi connectivity index (χ0) is 19.2. The monoisotopic (exact) mass is 362 g/mol. The number of hydrogen-bond acceptors (Lipinski definition) is 3. The van der Waals surface area contributed by atoms with Crippen LogP contribution in [0.2, 0.25) is 0 Å². The molecule has 0 fully saturated rings. The summed E-state index contributed by atoms with van der Waals surface area (Å²) in [4.78, 5) is 12.8. The van der Waals surface area contributed by atoms with Crippen molar-refractivity contribution in [2.75, 3.05) is 13.6 Å². The van der Waals surface area contributed by atoms with Gasteiger partial charge in [-0.2, -0.15) is 5.10 Å². The number of likely N-dealkylation sites (N-methyl/N-ethyl adjacent to an activating group) is 1. The van der Waals surface area contributed by atoms with E-state index in [4.69, 9.17) is 5.10 Å². The first-order valence-electron chi connectivity index (χ1n) is 9.20. The minimum atomic E-state index is -0.105. The van der Waals surface area contributed by atoms with Crippen molar-refractivity contribution >= 4 is 5.91 Å². The van der Waals surface area contributed by atoms with Gasteiger partial charge in [0, 0.05) is 24.3 Å². The summed E-state index contributed by atoms with van der Waals surface area (Å²) < 4.78 is 1.83. The number of carbonyl (C=O) groups is 1. The Hall–Kier alpha value is -2.92. The van der Waals surface area contributed by atoms with Gasteiger partial charge >= 0.3 is 0 Å². The summed E-state index contributed by atoms with van der Waals surface area (Å²) in [6.07, 6.45) is 1.83. The number of benzene rings is 2. The molecule has 140 valence electrons. The van der Waals surface area contributed by atoms with Gasteiger partial charge in [-0.05, 0) is 26.5 Å². The fraction of sp³-hybridized carbons (Fsp3) is 0.273. The van der Waals surface area contributed by atoms with E-state index in [1.807, 2.05) is 74.2 Å². The summed E-state index contributed by atoms with van der Waals surface area (Å²) >= 11 is 0. The van der Waals surface area contributed by atoms with Gasteiger partial charge in [-0.15, -0.1) is 0 Å². The lowest BCUT2D eigenvalue weighted by Crippen LogP contribution is -2.37. The molecule has 0 aliphatic rings. The smallest absolute Gasteiger partial charge is 0.255 e. The van der Waals surface area contributed by atoms with Crippen molar-refractivity contribution in [3.63, 3.8) is 0 Å². The van der Waals surface area contributed by atoms with Crippen molar-refractivity contribution in [3.8, 4) is 11.3 Å². The van der Waals surface area contributed by atoms with Crippen molar-refractivity contribution in [2.45, 2.75) is 26.4 Å². The number of rotatable bonds is 7. The third-order valence-electron chi connectivity index (χ3n) is 4.58. The Morgan fingerprint density at radius 3 is 2.48 bits per heavy atom. The maximum atomic E-state index is 12.8. The van der Waals surface area contributed by atoms with Crippen molar-refractivity contribution in [3.05, 3.63) is 77.5 Å². The molecule has 0 saturated heterocycles. The zero-order valence-electron chi connectivity index (χ0n) is 16.1. The standard InChI is InChI=1S/C22H26N4O/c1-16-9-11-19(12-10-16)21-20(22(27)24-13-17(2)23-3)15-26(25-21)14-18-7-5-4-6-8-18/h4-12,15,17,23H,13-14H2,1-3H3,(H,24,27). The van der Waals surface area contributed by atoms with E-state index in [1.165, 1.54) is 5.56 Å². The van der Waals surface area contributed by atoms with Gasteiger partial charge in [0.15, 0.2) is 0 Å². The molecule has 5 heteroatoms. The van der Waals surface area contributed by atoms with Gasteiger partial charge in [0.05, 0.1) is 12.1 Å². The van der Waals surface area contributed by atoms with E-state index in [1.54, 1.807) is 0 Å². The normalized spacial score (nSPS) is 12.0. The van der Waals surface area contributed by atoms with Crippen LogP contribution in [-0.2, 0) is 6.54 Å². The molecule has 1 atom stereocenters. The first kappa shape index (κ1) is 18.9. The molecule has 0 aliphatic carbocycles. The molecule has 0 saturated carbocycles. The number of carbonyl (C=O) groups excluding carboxylic acids is 1. The lowest BCUT2D eigenvalue weighted by Gasteiger charge is -2.11.